The second-order valence-corrected chi connectivity index (χ2v) is 5.01. The van der Waals surface area contributed by atoms with E-state index >= 15 is 0 Å². The molecule has 0 aliphatic carbocycles. The second kappa shape index (κ2) is 7.15. The van der Waals surface area contributed by atoms with Gasteiger partial charge < -0.3 is 0 Å². The van der Waals surface area contributed by atoms with Gasteiger partial charge >= 0.3 is 0 Å². The van der Waals surface area contributed by atoms with E-state index in [1.54, 1.807) is 6.07 Å². The van der Waals surface area contributed by atoms with Gasteiger partial charge in [-0.3, -0.25) is 4.79 Å². The van der Waals surface area contributed by atoms with Crippen molar-refractivity contribution in [3.63, 3.8) is 0 Å². The molecule has 1 aliphatic heterocycles. The van der Waals surface area contributed by atoms with E-state index in [4.69, 9.17) is 0 Å². The molecule has 0 saturated carbocycles. The van der Waals surface area contributed by atoms with Crippen LogP contribution in [0.2, 0.25) is 0 Å². The van der Waals surface area contributed by atoms with Crippen LogP contribution < -0.4 is 0 Å². The molecule has 1 fully saturated rings. The molecule has 1 aromatic heterocycles. The van der Waals surface area contributed by atoms with E-state index in [-0.39, 0.29) is 0 Å². The lowest BCUT2D eigenvalue weighted by Gasteiger charge is -2.05. The summed E-state index contributed by atoms with van der Waals surface area (Å²) in [5, 5.41) is 1.88. The van der Waals surface area contributed by atoms with E-state index in [2.05, 4.69) is 11.8 Å². The Morgan fingerprint density at radius 3 is 2.23 bits per heavy atom. The van der Waals surface area contributed by atoms with Crippen molar-refractivity contribution >= 4 is 29.4 Å². The third kappa shape index (κ3) is 5.11. The number of thiophene rings is 1. The fraction of sp³-hybridized carbons (Fsp3) is 0.500. The van der Waals surface area contributed by atoms with E-state index in [1.165, 1.54) is 42.1 Å². The molecular weight excluding hydrogens is 200 g/mol. The van der Waals surface area contributed by atoms with Gasteiger partial charge in [-0.1, -0.05) is 12.5 Å². The van der Waals surface area contributed by atoms with Crippen LogP contribution in [0.25, 0.3) is 0 Å². The quantitative estimate of drug-likeness (QED) is 0.666. The van der Waals surface area contributed by atoms with Crippen molar-refractivity contribution in [1.82, 2.24) is 0 Å². The van der Waals surface area contributed by atoms with Crippen molar-refractivity contribution in [3.05, 3.63) is 22.4 Å². The van der Waals surface area contributed by atoms with Crippen LogP contribution in [-0.2, 0) is 0 Å². The maximum absolute atomic E-state index is 9.88. The molecule has 1 aromatic rings. The highest BCUT2D eigenvalue weighted by atomic mass is 32.2. The summed E-state index contributed by atoms with van der Waals surface area (Å²) in [4.78, 5) is 10.7. The molecule has 1 saturated heterocycles. The van der Waals surface area contributed by atoms with Gasteiger partial charge in [0.2, 0.25) is 0 Å². The maximum Gasteiger partial charge on any atom is 0.159 e. The van der Waals surface area contributed by atoms with E-state index in [1.807, 2.05) is 11.4 Å². The van der Waals surface area contributed by atoms with Crippen LogP contribution in [-0.4, -0.2) is 17.8 Å². The van der Waals surface area contributed by atoms with Gasteiger partial charge in [-0.25, -0.2) is 0 Å². The smallest absolute Gasteiger partial charge is 0.159 e. The summed E-state index contributed by atoms with van der Waals surface area (Å²) in [5.41, 5.74) is 0. The predicted molar refractivity (Wildman–Crippen MR) is 60.9 cm³/mol. The van der Waals surface area contributed by atoms with Gasteiger partial charge in [0, 0.05) is 0 Å². The molecule has 2 heterocycles. The minimum absolute atomic E-state index is 0.792. The maximum atomic E-state index is 9.88. The molecule has 0 bridgehead atoms. The second-order valence-electron chi connectivity index (χ2n) is 2.81. The van der Waals surface area contributed by atoms with Crippen LogP contribution in [0.4, 0.5) is 0 Å². The SMILES string of the molecule is C1CCSCC1.O=Cc1cccs1. The fourth-order valence-corrected chi connectivity index (χ4v) is 2.59. The molecule has 0 atom stereocenters. The number of carbonyl (C=O) groups excluding carboxylic acids is 1. The summed E-state index contributed by atoms with van der Waals surface area (Å²) in [5.74, 6) is 2.83. The van der Waals surface area contributed by atoms with Gasteiger partial charge in [0.15, 0.2) is 6.29 Å². The molecule has 1 aliphatic rings. The molecule has 0 spiro atoms. The van der Waals surface area contributed by atoms with Crippen molar-refractivity contribution in [1.29, 1.82) is 0 Å². The normalized spacial score (nSPS) is 15.7. The Morgan fingerprint density at radius 1 is 1.23 bits per heavy atom. The third-order valence-corrected chi connectivity index (χ3v) is 3.69. The zero-order valence-corrected chi connectivity index (χ0v) is 9.20. The highest BCUT2D eigenvalue weighted by Gasteiger charge is 1.95. The first-order chi connectivity index (χ1) is 6.43. The Kier molecular flexibility index (Phi) is 5.94. The minimum Gasteiger partial charge on any atom is -0.297 e. The number of carbonyl (C=O) groups is 1. The van der Waals surface area contributed by atoms with Crippen molar-refractivity contribution in [3.8, 4) is 0 Å². The molecule has 0 unspecified atom stereocenters. The molecular formula is C10H14OS2. The van der Waals surface area contributed by atoms with E-state index in [0.717, 1.165) is 11.2 Å². The first kappa shape index (κ1) is 10.8. The summed E-state index contributed by atoms with van der Waals surface area (Å²) in [7, 11) is 0. The van der Waals surface area contributed by atoms with Gasteiger partial charge in [0.25, 0.3) is 0 Å². The van der Waals surface area contributed by atoms with Gasteiger partial charge in [0.05, 0.1) is 4.88 Å². The Hall–Kier alpha value is -0.280. The van der Waals surface area contributed by atoms with Crippen molar-refractivity contribution in [2.24, 2.45) is 0 Å². The summed E-state index contributed by atoms with van der Waals surface area (Å²) >= 11 is 3.55. The zero-order chi connectivity index (χ0) is 9.36. The van der Waals surface area contributed by atoms with Crippen LogP contribution in [0.1, 0.15) is 28.9 Å². The Labute approximate surface area is 87.5 Å². The topological polar surface area (TPSA) is 17.1 Å². The molecule has 0 N–H and O–H groups in total. The third-order valence-electron chi connectivity index (χ3n) is 1.74. The van der Waals surface area contributed by atoms with Crippen LogP contribution in [0.15, 0.2) is 17.5 Å². The largest absolute Gasteiger partial charge is 0.297 e. The van der Waals surface area contributed by atoms with Gasteiger partial charge in [-0.15, -0.1) is 11.3 Å². The van der Waals surface area contributed by atoms with Crippen LogP contribution in [0.5, 0.6) is 0 Å². The van der Waals surface area contributed by atoms with E-state index < -0.39 is 0 Å². The molecule has 0 amide bonds. The molecule has 1 nitrogen and oxygen atoms in total. The van der Waals surface area contributed by atoms with Crippen LogP contribution in [0.3, 0.4) is 0 Å². The Bertz CT molecular complexity index is 203. The molecule has 0 radical (unpaired) electrons. The van der Waals surface area contributed by atoms with Crippen molar-refractivity contribution in [2.45, 2.75) is 19.3 Å². The standard InChI is InChI=1S/C5H4OS.C5H10S/c6-4-5-2-1-3-7-5;1-2-4-6-5-3-1/h1-4H;1-5H2. The van der Waals surface area contributed by atoms with Crippen LogP contribution in [0, 0.1) is 0 Å². The summed E-state index contributed by atoms with van der Waals surface area (Å²) in [6.07, 6.45) is 5.26. The van der Waals surface area contributed by atoms with Gasteiger partial charge in [-0.05, 0) is 35.8 Å². The van der Waals surface area contributed by atoms with E-state index in [0.29, 0.717) is 0 Å². The van der Waals surface area contributed by atoms with Crippen LogP contribution >= 0.6 is 23.1 Å². The summed E-state index contributed by atoms with van der Waals surface area (Å²) < 4.78 is 0. The lowest BCUT2D eigenvalue weighted by atomic mass is 10.3. The number of thioether (sulfide) groups is 1. The summed E-state index contributed by atoms with van der Waals surface area (Å²) in [6, 6.07) is 3.64. The molecule has 13 heavy (non-hydrogen) atoms. The monoisotopic (exact) mass is 214 g/mol. The predicted octanol–water partition coefficient (Wildman–Crippen LogP) is 3.46. The van der Waals surface area contributed by atoms with Gasteiger partial charge in [-0.2, -0.15) is 11.8 Å². The number of hydrogen-bond donors (Lipinski definition) is 0. The molecule has 2 rings (SSSR count). The molecule has 3 heteroatoms. The summed E-state index contributed by atoms with van der Waals surface area (Å²) in [6.45, 7) is 0. The first-order valence-electron chi connectivity index (χ1n) is 4.50. The number of hydrogen-bond acceptors (Lipinski definition) is 3. The molecule has 0 aromatic carbocycles. The van der Waals surface area contributed by atoms with Crippen molar-refractivity contribution < 1.29 is 4.79 Å². The zero-order valence-electron chi connectivity index (χ0n) is 7.57. The lowest BCUT2D eigenvalue weighted by Crippen LogP contribution is -1.91. The fourth-order valence-electron chi connectivity index (χ4n) is 1.05. The number of aldehydes is 1. The van der Waals surface area contributed by atoms with E-state index in [9.17, 15) is 4.79 Å². The lowest BCUT2D eigenvalue weighted by molar-refractivity contribution is 0.112. The molecule has 72 valence electrons. The Morgan fingerprint density at radius 2 is 2.00 bits per heavy atom. The number of rotatable bonds is 1. The highest BCUT2D eigenvalue weighted by molar-refractivity contribution is 7.99. The first-order valence-corrected chi connectivity index (χ1v) is 6.53. The Balaban J connectivity index is 0.000000132. The highest BCUT2D eigenvalue weighted by Crippen LogP contribution is 2.14. The van der Waals surface area contributed by atoms with Gasteiger partial charge in [0.1, 0.15) is 0 Å². The van der Waals surface area contributed by atoms with Crippen molar-refractivity contribution in [2.75, 3.05) is 11.5 Å². The average Bonchev–Trinajstić information content (AvgIpc) is 2.74. The minimum atomic E-state index is 0.792. The average molecular weight is 214 g/mol.